The molecule has 0 saturated carbocycles. The van der Waals surface area contributed by atoms with Crippen LogP contribution in [0.3, 0.4) is 0 Å². The third-order valence-electron chi connectivity index (χ3n) is 2.84. The van der Waals surface area contributed by atoms with Gasteiger partial charge in [0.05, 0.1) is 12.1 Å². The maximum absolute atomic E-state index is 9.91. The summed E-state index contributed by atoms with van der Waals surface area (Å²) >= 11 is 1.36. The van der Waals surface area contributed by atoms with Crippen LogP contribution >= 0.6 is 11.8 Å². The van der Waals surface area contributed by atoms with E-state index in [0.29, 0.717) is 5.17 Å². The highest BCUT2D eigenvalue weighted by Gasteiger charge is 2.49. The van der Waals surface area contributed by atoms with Gasteiger partial charge in [-0.25, -0.2) is 0 Å². The number of hydrogen-bond donors (Lipinski definition) is 4. The Hall–Kier alpha value is -0.340. The van der Waals surface area contributed by atoms with Gasteiger partial charge in [0.1, 0.15) is 23.7 Å². The molecule has 0 aromatic carbocycles. The van der Waals surface area contributed by atoms with E-state index in [1.54, 1.807) is 7.05 Å². The molecule has 0 aromatic rings. The number of thioether (sulfide) groups is 1. The van der Waals surface area contributed by atoms with Gasteiger partial charge in [-0.3, -0.25) is 4.99 Å². The number of nitrogens with one attached hydrogen (secondary N) is 1. The van der Waals surface area contributed by atoms with Crippen LogP contribution in [0.4, 0.5) is 0 Å². The molecule has 6 atom stereocenters. The predicted octanol–water partition coefficient (Wildman–Crippen LogP) is -1.50. The molecule has 0 aliphatic carbocycles. The molecule has 2 aliphatic heterocycles. The maximum Gasteiger partial charge on any atom is 0.159 e. The molecule has 92 valence electrons. The molecule has 2 rings (SSSR count). The monoisotopic (exact) mass is 248 g/mol. The van der Waals surface area contributed by atoms with Crippen LogP contribution in [0.5, 0.6) is 0 Å². The molecule has 6 nitrogen and oxygen atoms in total. The van der Waals surface area contributed by atoms with Gasteiger partial charge in [0.25, 0.3) is 0 Å². The molecular weight excluding hydrogens is 232 g/mol. The summed E-state index contributed by atoms with van der Waals surface area (Å²) in [6, 6.07) is -0.381. The average Bonchev–Trinajstić information content (AvgIpc) is 2.66. The molecule has 2 saturated heterocycles. The Morgan fingerprint density at radius 2 is 2.12 bits per heavy atom. The second-order valence-electron chi connectivity index (χ2n) is 4.01. The number of rotatable bonds is 1. The Morgan fingerprint density at radius 3 is 2.69 bits per heavy atom. The fourth-order valence-corrected chi connectivity index (χ4v) is 3.03. The third-order valence-corrected chi connectivity index (χ3v) is 4.00. The minimum Gasteiger partial charge on any atom is -0.391 e. The van der Waals surface area contributed by atoms with Gasteiger partial charge >= 0.3 is 0 Å². The first-order valence-electron chi connectivity index (χ1n) is 5.14. The molecule has 0 bridgehead atoms. The Kier molecular flexibility index (Phi) is 3.41. The van der Waals surface area contributed by atoms with Crippen molar-refractivity contribution in [2.45, 2.75) is 42.8 Å². The van der Waals surface area contributed by atoms with E-state index in [0.717, 1.165) is 0 Å². The summed E-state index contributed by atoms with van der Waals surface area (Å²) in [5.41, 5.74) is -0.322. The molecule has 16 heavy (non-hydrogen) atoms. The van der Waals surface area contributed by atoms with Gasteiger partial charge in [0, 0.05) is 7.05 Å². The number of aliphatic imine (C=N–C) groups is 1. The molecule has 2 heterocycles. The van der Waals surface area contributed by atoms with E-state index in [-0.39, 0.29) is 11.5 Å². The van der Waals surface area contributed by atoms with E-state index in [4.69, 9.17) is 4.74 Å². The number of ether oxygens (including phenoxy) is 1. The molecule has 0 unspecified atom stereocenters. The van der Waals surface area contributed by atoms with Crippen LogP contribution in [0.2, 0.25) is 0 Å². The van der Waals surface area contributed by atoms with Crippen molar-refractivity contribution in [3.05, 3.63) is 0 Å². The van der Waals surface area contributed by atoms with Gasteiger partial charge < -0.3 is 25.4 Å². The molecule has 0 amide bonds. The normalized spacial score (nSPS) is 47.6. The van der Waals surface area contributed by atoms with Gasteiger partial charge in [-0.15, -0.1) is 0 Å². The Bertz CT molecular complexity index is 299. The molecule has 2 aliphatic rings. The van der Waals surface area contributed by atoms with E-state index in [9.17, 15) is 15.3 Å². The molecule has 0 aromatic heterocycles. The van der Waals surface area contributed by atoms with Gasteiger partial charge in [0.15, 0.2) is 5.17 Å². The van der Waals surface area contributed by atoms with Crippen LogP contribution < -0.4 is 5.32 Å². The van der Waals surface area contributed by atoms with E-state index < -0.39 is 24.4 Å². The van der Waals surface area contributed by atoms with Gasteiger partial charge in [-0.05, 0) is 6.92 Å². The lowest BCUT2D eigenvalue weighted by atomic mass is 9.95. The molecule has 0 spiro atoms. The lowest BCUT2D eigenvalue weighted by Crippen LogP contribution is -2.61. The smallest absolute Gasteiger partial charge is 0.159 e. The summed E-state index contributed by atoms with van der Waals surface area (Å²) in [6.45, 7) is 1.53. The van der Waals surface area contributed by atoms with E-state index >= 15 is 0 Å². The summed E-state index contributed by atoms with van der Waals surface area (Å²) in [7, 11) is 1.64. The van der Waals surface area contributed by atoms with Crippen LogP contribution in [0.25, 0.3) is 0 Å². The lowest BCUT2D eigenvalue weighted by molar-refractivity contribution is -0.184. The summed E-state index contributed by atoms with van der Waals surface area (Å²) < 4.78 is 5.55. The maximum atomic E-state index is 9.91. The number of nitrogens with zero attached hydrogens (tertiary/aromatic N) is 1. The van der Waals surface area contributed by atoms with E-state index in [1.165, 1.54) is 18.7 Å². The molecule has 2 fully saturated rings. The second-order valence-corrected chi connectivity index (χ2v) is 5.09. The zero-order valence-electron chi connectivity index (χ0n) is 9.07. The summed E-state index contributed by atoms with van der Waals surface area (Å²) in [5, 5.41) is 32.8. The van der Waals surface area contributed by atoms with Crippen molar-refractivity contribution in [1.29, 1.82) is 0 Å². The minimum atomic E-state index is -1.09. The van der Waals surface area contributed by atoms with Crippen molar-refractivity contribution in [2.75, 3.05) is 7.05 Å². The Labute approximate surface area is 97.7 Å². The number of amidine groups is 1. The summed E-state index contributed by atoms with van der Waals surface area (Å²) in [6.07, 6.45) is -3.65. The van der Waals surface area contributed by atoms with Crippen molar-refractivity contribution in [1.82, 2.24) is 5.32 Å². The molecule has 0 radical (unpaired) electrons. The number of aliphatic hydroxyl groups is 3. The van der Waals surface area contributed by atoms with E-state index in [1.807, 2.05) is 0 Å². The highest BCUT2D eigenvalue weighted by atomic mass is 32.2. The average molecular weight is 248 g/mol. The second kappa shape index (κ2) is 4.50. The number of hydrogen-bond acceptors (Lipinski definition) is 6. The minimum absolute atomic E-state index is 0.322. The number of aliphatic hydroxyl groups excluding tert-OH is 3. The van der Waals surface area contributed by atoms with Crippen molar-refractivity contribution in [3.8, 4) is 0 Å². The fourth-order valence-electron chi connectivity index (χ4n) is 1.95. The quantitative estimate of drug-likeness (QED) is 0.451. The van der Waals surface area contributed by atoms with Crippen molar-refractivity contribution < 1.29 is 20.1 Å². The van der Waals surface area contributed by atoms with Crippen LogP contribution in [-0.4, -0.2) is 63.4 Å². The summed E-state index contributed by atoms with van der Waals surface area (Å²) in [5.74, 6) is 0. The van der Waals surface area contributed by atoms with Gasteiger partial charge in [-0.1, -0.05) is 11.8 Å². The van der Waals surface area contributed by atoms with Crippen LogP contribution in [0.1, 0.15) is 6.92 Å². The predicted molar refractivity (Wildman–Crippen MR) is 60.2 cm³/mol. The highest BCUT2D eigenvalue weighted by molar-refractivity contribution is 8.14. The lowest BCUT2D eigenvalue weighted by Gasteiger charge is -2.40. The van der Waals surface area contributed by atoms with Crippen LogP contribution in [0.15, 0.2) is 4.99 Å². The zero-order valence-corrected chi connectivity index (χ0v) is 9.89. The SMILES string of the molecule is CN=C1N[C@@H]2[C@@H](O)[C@H](O)[C@@H]([C@H](C)O)O[C@@H]2S1. The molecule has 7 heteroatoms. The Balaban J connectivity index is 2.15. The van der Waals surface area contributed by atoms with Crippen molar-refractivity contribution in [3.63, 3.8) is 0 Å². The third kappa shape index (κ3) is 1.93. The largest absolute Gasteiger partial charge is 0.391 e. The molecule has 4 N–H and O–H groups in total. The van der Waals surface area contributed by atoms with E-state index in [2.05, 4.69) is 10.3 Å². The highest BCUT2D eigenvalue weighted by Crippen LogP contribution is 2.34. The van der Waals surface area contributed by atoms with Crippen LogP contribution in [-0.2, 0) is 4.74 Å². The topological polar surface area (TPSA) is 94.3 Å². The van der Waals surface area contributed by atoms with Crippen molar-refractivity contribution >= 4 is 16.9 Å². The zero-order chi connectivity index (χ0) is 11.9. The van der Waals surface area contributed by atoms with Crippen molar-refractivity contribution in [2.24, 2.45) is 4.99 Å². The summed E-state index contributed by atoms with van der Waals surface area (Å²) in [4.78, 5) is 3.97. The fraction of sp³-hybridized carbons (Fsp3) is 0.889. The number of fused-ring (bicyclic) bond motifs is 1. The van der Waals surface area contributed by atoms with Gasteiger partial charge in [-0.2, -0.15) is 0 Å². The van der Waals surface area contributed by atoms with Gasteiger partial charge in [0.2, 0.25) is 0 Å². The molecular formula is C9H16N2O4S. The van der Waals surface area contributed by atoms with Crippen LogP contribution in [0, 0.1) is 0 Å². The Morgan fingerprint density at radius 1 is 1.44 bits per heavy atom. The first-order valence-corrected chi connectivity index (χ1v) is 6.02. The standard InChI is InChI=1S/C9H16N2O4S/c1-3(12)7-6(14)5(13)4-8(15-7)16-9(10-2)11-4/h3-8,12-14H,1-2H3,(H,10,11)/t3-,4+,5+,6-,7+,8+/m0/s1. The first kappa shape index (κ1) is 12.1. The first-order chi connectivity index (χ1) is 7.54.